The van der Waals surface area contributed by atoms with Crippen LogP contribution in [0.25, 0.3) is 0 Å². The van der Waals surface area contributed by atoms with Crippen LogP contribution < -0.4 is 5.73 Å². The molecule has 1 fully saturated rings. The molecule has 1 amide bonds. The van der Waals surface area contributed by atoms with Crippen LogP contribution in [0.5, 0.6) is 0 Å². The van der Waals surface area contributed by atoms with Crippen molar-refractivity contribution in [1.82, 2.24) is 4.90 Å². The number of primary amides is 1. The van der Waals surface area contributed by atoms with Gasteiger partial charge in [-0.2, -0.15) is 0 Å². The number of rotatable bonds is 5. The summed E-state index contributed by atoms with van der Waals surface area (Å²) in [6.07, 6.45) is 7.41. The topological polar surface area (TPSA) is 55.6 Å². The number of hydrogen-bond donors (Lipinski definition) is 1. The van der Waals surface area contributed by atoms with Gasteiger partial charge in [-0.05, 0) is 48.9 Å². The molecule has 1 heterocycles. The van der Waals surface area contributed by atoms with E-state index in [1.807, 2.05) is 0 Å². The molecule has 3 rings (SSSR count). The van der Waals surface area contributed by atoms with Crippen molar-refractivity contribution in [3.8, 4) is 0 Å². The molecule has 4 heteroatoms. The fourth-order valence-electron chi connectivity index (χ4n) is 3.69. The van der Waals surface area contributed by atoms with E-state index in [9.17, 15) is 4.79 Å². The molecule has 1 aromatic rings. The minimum Gasteiger partial charge on any atom is -0.383 e. The number of amides is 1. The number of hydrogen-bond acceptors (Lipinski definition) is 3. The zero-order valence-corrected chi connectivity index (χ0v) is 13.2. The normalized spacial score (nSPS) is 25.1. The van der Waals surface area contributed by atoms with Gasteiger partial charge in [-0.1, -0.05) is 18.2 Å². The molecule has 1 aromatic carbocycles. The van der Waals surface area contributed by atoms with Gasteiger partial charge in [0, 0.05) is 26.1 Å². The molecule has 2 radical (unpaired) electrons. The Morgan fingerprint density at radius 1 is 1.50 bits per heavy atom. The van der Waals surface area contributed by atoms with E-state index >= 15 is 0 Å². The predicted octanol–water partition coefficient (Wildman–Crippen LogP) is 1.89. The summed E-state index contributed by atoms with van der Waals surface area (Å²) in [7, 11) is 1.77. The molecule has 1 aliphatic carbocycles. The lowest BCUT2D eigenvalue weighted by atomic mass is 9.81. The summed E-state index contributed by atoms with van der Waals surface area (Å²) in [5.74, 6) is -0.640. The summed E-state index contributed by atoms with van der Waals surface area (Å²) < 4.78 is 5.32. The second-order valence-corrected chi connectivity index (χ2v) is 6.29. The monoisotopic (exact) mass is 300 g/mol. The van der Waals surface area contributed by atoms with Crippen LogP contribution in [-0.4, -0.2) is 37.1 Å². The molecule has 0 bridgehead atoms. The fourth-order valence-corrected chi connectivity index (χ4v) is 3.69. The molecular formula is C18H24N2O2. The van der Waals surface area contributed by atoms with E-state index in [4.69, 9.17) is 10.5 Å². The third-order valence-electron chi connectivity index (χ3n) is 4.79. The number of nitrogens with two attached hydrogens (primary N) is 1. The molecule has 1 aliphatic heterocycles. The van der Waals surface area contributed by atoms with Crippen LogP contribution in [0.3, 0.4) is 0 Å². The van der Waals surface area contributed by atoms with E-state index < -0.39 is 0 Å². The number of aryl methyl sites for hydroxylation is 1. The van der Waals surface area contributed by atoms with Crippen molar-refractivity contribution >= 4 is 5.91 Å². The highest BCUT2D eigenvalue weighted by molar-refractivity contribution is 5.84. The number of ether oxygens (including phenoxy) is 1. The third-order valence-corrected chi connectivity index (χ3v) is 4.79. The van der Waals surface area contributed by atoms with Crippen molar-refractivity contribution in [3.05, 3.63) is 41.3 Å². The summed E-state index contributed by atoms with van der Waals surface area (Å²) in [5, 5.41) is 0. The molecule has 0 aromatic heterocycles. The maximum atomic E-state index is 11.5. The molecule has 0 saturated carbocycles. The fraction of sp³-hybridized carbons (Fsp3) is 0.556. The third kappa shape index (κ3) is 3.18. The van der Waals surface area contributed by atoms with E-state index in [-0.39, 0.29) is 11.8 Å². The van der Waals surface area contributed by atoms with Crippen molar-refractivity contribution < 1.29 is 9.53 Å². The van der Waals surface area contributed by atoms with E-state index in [2.05, 4.69) is 29.5 Å². The molecule has 2 unspecified atom stereocenters. The molecule has 1 saturated heterocycles. The van der Waals surface area contributed by atoms with Gasteiger partial charge >= 0.3 is 0 Å². The first-order valence-corrected chi connectivity index (χ1v) is 8.06. The highest BCUT2D eigenvalue weighted by atomic mass is 16.5. The van der Waals surface area contributed by atoms with E-state index in [0.717, 1.165) is 38.1 Å². The van der Waals surface area contributed by atoms with Gasteiger partial charge < -0.3 is 10.5 Å². The number of benzene rings is 1. The summed E-state index contributed by atoms with van der Waals surface area (Å²) in [6, 6.07) is 6.97. The Kier molecular flexibility index (Phi) is 4.79. The van der Waals surface area contributed by atoms with Gasteiger partial charge in [-0.15, -0.1) is 0 Å². The second kappa shape index (κ2) is 6.80. The molecule has 118 valence electrons. The summed E-state index contributed by atoms with van der Waals surface area (Å²) in [5.41, 5.74) is 9.08. The smallest absolute Gasteiger partial charge is 0.225 e. The number of nitrogens with zero attached hydrogens (tertiary/aromatic N) is 1. The van der Waals surface area contributed by atoms with Crippen molar-refractivity contribution in [3.63, 3.8) is 0 Å². The van der Waals surface area contributed by atoms with Gasteiger partial charge in [-0.3, -0.25) is 9.69 Å². The Morgan fingerprint density at radius 3 is 3.14 bits per heavy atom. The van der Waals surface area contributed by atoms with Crippen molar-refractivity contribution in [2.45, 2.75) is 44.2 Å². The standard InChI is InChI=1S/C18H24N2O2/c1-22-12-15-5-3-9-20(15)11-13-7-8-16-14(10-13)4-2-6-17(16)18(19)21/h7-8,10,15,17H,2-5,9,11-12H2,1H3,(H2,19,21). The number of carbonyl (C=O) groups excluding carboxylic acids is 1. The average molecular weight is 300 g/mol. The lowest BCUT2D eigenvalue weighted by Crippen LogP contribution is -2.32. The predicted molar refractivity (Wildman–Crippen MR) is 85.2 cm³/mol. The first-order chi connectivity index (χ1) is 10.7. The molecular weight excluding hydrogens is 276 g/mol. The van der Waals surface area contributed by atoms with Gasteiger partial charge in [0.15, 0.2) is 0 Å². The lowest BCUT2D eigenvalue weighted by Gasteiger charge is -2.26. The van der Waals surface area contributed by atoms with Crippen molar-refractivity contribution in [2.24, 2.45) is 5.73 Å². The number of carbonyl (C=O) groups is 1. The van der Waals surface area contributed by atoms with Gasteiger partial charge in [0.1, 0.15) is 0 Å². The minimum atomic E-state index is -0.342. The zero-order chi connectivity index (χ0) is 15.5. The molecule has 0 spiro atoms. The van der Waals surface area contributed by atoms with Crippen LogP contribution in [0, 0.1) is 6.42 Å². The Hall–Kier alpha value is -1.39. The molecule has 2 N–H and O–H groups in total. The minimum absolute atomic E-state index is 0.298. The van der Waals surface area contributed by atoms with E-state index in [1.165, 1.54) is 24.0 Å². The molecule has 4 nitrogen and oxygen atoms in total. The van der Waals surface area contributed by atoms with Gasteiger partial charge in [0.2, 0.25) is 5.91 Å². The summed E-state index contributed by atoms with van der Waals surface area (Å²) in [4.78, 5) is 14.0. The molecule has 2 atom stereocenters. The lowest BCUT2D eigenvalue weighted by molar-refractivity contribution is -0.118. The quantitative estimate of drug-likeness (QED) is 0.903. The highest BCUT2D eigenvalue weighted by Gasteiger charge is 2.27. The SMILES string of the molecule is COCC1CCCN1Cc1ccc2c(c1)CC[C]C2C(N)=O. The van der Waals surface area contributed by atoms with Crippen LogP contribution >= 0.6 is 0 Å². The van der Waals surface area contributed by atoms with Gasteiger partial charge in [0.25, 0.3) is 0 Å². The Bertz CT molecular complexity index is 544. The summed E-state index contributed by atoms with van der Waals surface area (Å²) >= 11 is 0. The first kappa shape index (κ1) is 15.5. The van der Waals surface area contributed by atoms with Crippen molar-refractivity contribution in [2.75, 3.05) is 20.3 Å². The number of likely N-dealkylation sites (tertiary alicyclic amines) is 1. The van der Waals surface area contributed by atoms with Crippen LogP contribution in [0.4, 0.5) is 0 Å². The average Bonchev–Trinajstić information content (AvgIpc) is 2.94. The van der Waals surface area contributed by atoms with Crippen LogP contribution in [0.1, 0.15) is 41.9 Å². The zero-order valence-electron chi connectivity index (χ0n) is 13.2. The Balaban J connectivity index is 1.75. The Labute approximate surface area is 132 Å². The second-order valence-electron chi connectivity index (χ2n) is 6.29. The largest absolute Gasteiger partial charge is 0.383 e. The van der Waals surface area contributed by atoms with Gasteiger partial charge in [-0.25, -0.2) is 0 Å². The number of fused-ring (bicyclic) bond motifs is 1. The van der Waals surface area contributed by atoms with Crippen LogP contribution in [-0.2, 0) is 22.5 Å². The van der Waals surface area contributed by atoms with Crippen molar-refractivity contribution in [1.29, 1.82) is 0 Å². The Morgan fingerprint density at radius 2 is 2.36 bits per heavy atom. The summed E-state index contributed by atoms with van der Waals surface area (Å²) in [6.45, 7) is 2.89. The highest BCUT2D eigenvalue weighted by Crippen LogP contribution is 2.32. The van der Waals surface area contributed by atoms with Crippen LogP contribution in [0.2, 0.25) is 0 Å². The van der Waals surface area contributed by atoms with Gasteiger partial charge in [0.05, 0.1) is 12.5 Å². The number of methoxy groups -OCH3 is 1. The van der Waals surface area contributed by atoms with E-state index in [1.54, 1.807) is 7.11 Å². The first-order valence-electron chi connectivity index (χ1n) is 8.06. The maximum Gasteiger partial charge on any atom is 0.225 e. The molecule has 22 heavy (non-hydrogen) atoms. The maximum absolute atomic E-state index is 11.5. The van der Waals surface area contributed by atoms with Crippen LogP contribution in [0.15, 0.2) is 18.2 Å². The van der Waals surface area contributed by atoms with E-state index in [0.29, 0.717) is 6.04 Å². The molecule has 2 aliphatic rings.